The minimum atomic E-state index is 0.289. The van der Waals surface area contributed by atoms with Crippen LogP contribution in [0.5, 0.6) is 5.75 Å². The zero-order valence-corrected chi connectivity index (χ0v) is 13.3. The van der Waals surface area contributed by atoms with E-state index in [1.165, 1.54) is 56.3 Å². The van der Waals surface area contributed by atoms with Gasteiger partial charge in [0.2, 0.25) is 0 Å². The fraction of sp³-hybridized carbons (Fsp3) is 0.684. The predicted molar refractivity (Wildman–Crippen MR) is 85.6 cm³/mol. The highest BCUT2D eigenvalue weighted by Crippen LogP contribution is 2.52. The Morgan fingerprint density at radius 1 is 1.33 bits per heavy atom. The third kappa shape index (κ3) is 2.03. The van der Waals surface area contributed by atoms with Crippen molar-refractivity contribution in [2.45, 2.75) is 57.4 Å². The summed E-state index contributed by atoms with van der Waals surface area (Å²) in [6.45, 7) is 7.36. The van der Waals surface area contributed by atoms with E-state index in [9.17, 15) is 5.11 Å². The second-order valence-corrected chi connectivity index (χ2v) is 7.60. The second kappa shape index (κ2) is 4.74. The van der Waals surface area contributed by atoms with Crippen molar-refractivity contribution in [2.75, 3.05) is 13.1 Å². The predicted octanol–water partition coefficient (Wildman–Crippen LogP) is 3.72. The molecule has 2 aliphatic carbocycles. The Hall–Kier alpha value is -1.02. The molecule has 2 heteroatoms. The molecular formula is C19H27NO. The van der Waals surface area contributed by atoms with Crippen LogP contribution in [-0.4, -0.2) is 29.1 Å². The normalized spacial score (nSPS) is 35.5. The van der Waals surface area contributed by atoms with Gasteiger partial charge in [-0.3, -0.25) is 4.90 Å². The number of phenols is 1. The smallest absolute Gasteiger partial charge is 0.115 e. The number of benzene rings is 1. The Morgan fingerprint density at radius 3 is 2.86 bits per heavy atom. The van der Waals surface area contributed by atoms with Gasteiger partial charge in [-0.15, -0.1) is 0 Å². The highest BCUT2D eigenvalue weighted by Gasteiger charge is 2.50. The topological polar surface area (TPSA) is 23.5 Å². The molecule has 1 saturated heterocycles. The molecule has 3 aliphatic rings. The van der Waals surface area contributed by atoms with Crippen LogP contribution in [0.1, 0.15) is 50.7 Å². The van der Waals surface area contributed by atoms with Crippen LogP contribution < -0.4 is 0 Å². The van der Waals surface area contributed by atoms with Gasteiger partial charge in [-0.25, -0.2) is 0 Å². The van der Waals surface area contributed by atoms with E-state index in [4.69, 9.17) is 0 Å². The van der Waals surface area contributed by atoms with Crippen LogP contribution in [0.3, 0.4) is 0 Å². The fourth-order valence-corrected chi connectivity index (χ4v) is 5.09. The van der Waals surface area contributed by atoms with Crippen LogP contribution in [-0.2, 0) is 11.8 Å². The van der Waals surface area contributed by atoms with Crippen molar-refractivity contribution in [3.05, 3.63) is 29.3 Å². The van der Waals surface area contributed by atoms with Crippen LogP contribution >= 0.6 is 0 Å². The summed E-state index contributed by atoms with van der Waals surface area (Å²) in [6, 6.07) is 6.81. The molecule has 0 radical (unpaired) electrons. The average molecular weight is 285 g/mol. The van der Waals surface area contributed by atoms with Gasteiger partial charge in [0, 0.05) is 18.0 Å². The van der Waals surface area contributed by atoms with E-state index >= 15 is 0 Å². The third-order valence-corrected chi connectivity index (χ3v) is 6.64. The summed E-state index contributed by atoms with van der Waals surface area (Å²) in [5, 5.41) is 9.95. The Balaban J connectivity index is 1.74. The number of nitrogens with zero attached hydrogens (tertiary/aromatic N) is 1. The van der Waals surface area contributed by atoms with Gasteiger partial charge >= 0.3 is 0 Å². The summed E-state index contributed by atoms with van der Waals surface area (Å²) >= 11 is 0. The highest BCUT2D eigenvalue weighted by molar-refractivity contribution is 5.44. The number of aromatic hydroxyl groups is 1. The number of rotatable bonds is 3. The summed E-state index contributed by atoms with van der Waals surface area (Å²) in [6.07, 6.45) is 6.51. The van der Waals surface area contributed by atoms with Crippen molar-refractivity contribution in [1.82, 2.24) is 4.90 Å². The number of piperidine rings is 1. The van der Waals surface area contributed by atoms with E-state index in [-0.39, 0.29) is 5.41 Å². The van der Waals surface area contributed by atoms with E-state index in [1.54, 1.807) is 0 Å². The first-order valence-electron chi connectivity index (χ1n) is 8.70. The van der Waals surface area contributed by atoms with Crippen LogP contribution in [0.15, 0.2) is 18.2 Å². The Bertz CT molecular complexity index is 550. The Labute approximate surface area is 128 Å². The molecule has 1 N–H and O–H groups in total. The first-order chi connectivity index (χ1) is 10.1. The second-order valence-electron chi connectivity index (χ2n) is 7.60. The van der Waals surface area contributed by atoms with Crippen molar-refractivity contribution < 1.29 is 5.11 Å². The van der Waals surface area contributed by atoms with Gasteiger partial charge in [0.25, 0.3) is 0 Å². The molecule has 0 unspecified atom stereocenters. The third-order valence-electron chi connectivity index (χ3n) is 6.64. The summed E-state index contributed by atoms with van der Waals surface area (Å²) < 4.78 is 0. The molecule has 0 aromatic heterocycles. The lowest BCUT2D eigenvalue weighted by Gasteiger charge is -2.56. The number of hydrogen-bond donors (Lipinski definition) is 1. The van der Waals surface area contributed by atoms with Gasteiger partial charge in [0.1, 0.15) is 5.75 Å². The van der Waals surface area contributed by atoms with Gasteiger partial charge in [-0.05, 0) is 73.7 Å². The largest absolute Gasteiger partial charge is 0.508 e. The van der Waals surface area contributed by atoms with E-state index in [1.807, 2.05) is 6.07 Å². The van der Waals surface area contributed by atoms with E-state index in [0.717, 1.165) is 5.92 Å². The maximum atomic E-state index is 9.95. The Morgan fingerprint density at radius 2 is 2.14 bits per heavy atom. The minimum absolute atomic E-state index is 0.289. The molecule has 1 aromatic rings. The monoisotopic (exact) mass is 285 g/mol. The quantitative estimate of drug-likeness (QED) is 0.915. The Kier molecular flexibility index (Phi) is 3.08. The standard InChI is InChI=1S/C19H27NO/c1-3-19-8-9-20(12-14-4-5-14)18(13(19)2)10-15-6-7-16(21)11-17(15)19/h6-7,11,13-14,18,21H,3-5,8-10,12H2,1-2H3/t13-,18+,19+/m0/s1. The molecule has 0 amide bonds. The van der Waals surface area contributed by atoms with E-state index in [0.29, 0.717) is 17.7 Å². The van der Waals surface area contributed by atoms with Crippen LogP contribution in [0.2, 0.25) is 0 Å². The molecule has 114 valence electrons. The van der Waals surface area contributed by atoms with E-state index in [2.05, 4.69) is 30.9 Å². The van der Waals surface area contributed by atoms with Gasteiger partial charge < -0.3 is 5.11 Å². The molecule has 3 atom stereocenters. The average Bonchev–Trinajstić information content (AvgIpc) is 3.28. The fourth-order valence-electron chi connectivity index (χ4n) is 5.09. The number of phenolic OH excluding ortho intramolecular Hbond substituents is 1. The molecule has 21 heavy (non-hydrogen) atoms. The first-order valence-corrected chi connectivity index (χ1v) is 8.70. The molecule has 0 spiro atoms. The van der Waals surface area contributed by atoms with Gasteiger partial charge in [0.15, 0.2) is 0 Å². The van der Waals surface area contributed by atoms with Crippen molar-refractivity contribution in [1.29, 1.82) is 0 Å². The zero-order valence-electron chi connectivity index (χ0n) is 13.3. The van der Waals surface area contributed by atoms with Crippen LogP contribution in [0.4, 0.5) is 0 Å². The van der Waals surface area contributed by atoms with Crippen LogP contribution in [0.25, 0.3) is 0 Å². The lowest BCUT2D eigenvalue weighted by atomic mass is 9.57. The molecular weight excluding hydrogens is 258 g/mol. The van der Waals surface area contributed by atoms with Gasteiger partial charge in [-0.1, -0.05) is 19.9 Å². The molecule has 4 rings (SSSR count). The summed E-state index contributed by atoms with van der Waals surface area (Å²) in [5.74, 6) is 2.12. The maximum absolute atomic E-state index is 9.95. The molecule has 1 aromatic carbocycles. The van der Waals surface area contributed by atoms with Gasteiger partial charge in [-0.2, -0.15) is 0 Å². The lowest BCUT2D eigenvalue weighted by Crippen LogP contribution is -2.59. The number of hydrogen-bond acceptors (Lipinski definition) is 2. The van der Waals surface area contributed by atoms with Crippen molar-refractivity contribution in [3.8, 4) is 5.75 Å². The summed E-state index contributed by atoms with van der Waals surface area (Å²) in [5.41, 5.74) is 3.22. The zero-order chi connectivity index (χ0) is 14.6. The lowest BCUT2D eigenvalue weighted by molar-refractivity contribution is 0.0179. The van der Waals surface area contributed by atoms with Crippen molar-refractivity contribution in [3.63, 3.8) is 0 Å². The number of fused-ring (bicyclic) bond motifs is 4. The SMILES string of the molecule is CC[C@]12CCN(CC3CC3)[C@H](Cc3ccc(O)cc31)[C@@H]2C. The molecule has 2 fully saturated rings. The molecule has 1 heterocycles. The van der Waals surface area contributed by atoms with E-state index < -0.39 is 0 Å². The van der Waals surface area contributed by atoms with Gasteiger partial charge in [0.05, 0.1) is 0 Å². The molecule has 1 saturated carbocycles. The maximum Gasteiger partial charge on any atom is 0.115 e. The number of likely N-dealkylation sites (tertiary alicyclic amines) is 1. The molecule has 2 nitrogen and oxygen atoms in total. The molecule has 1 aliphatic heterocycles. The molecule has 2 bridgehead atoms. The van der Waals surface area contributed by atoms with Crippen LogP contribution in [0, 0.1) is 11.8 Å². The summed E-state index contributed by atoms with van der Waals surface area (Å²) in [7, 11) is 0. The van der Waals surface area contributed by atoms with Crippen molar-refractivity contribution in [2.24, 2.45) is 11.8 Å². The highest BCUT2D eigenvalue weighted by atomic mass is 16.3. The summed E-state index contributed by atoms with van der Waals surface area (Å²) in [4.78, 5) is 2.78. The minimum Gasteiger partial charge on any atom is -0.508 e. The first kappa shape index (κ1) is 13.6. The van der Waals surface area contributed by atoms with Crippen molar-refractivity contribution >= 4 is 0 Å².